The van der Waals surface area contributed by atoms with Crippen LogP contribution >= 0.6 is 0 Å². The Hall–Kier alpha value is -3.03. The summed E-state index contributed by atoms with van der Waals surface area (Å²) in [5.41, 5.74) is 3.68. The number of nitrogens with zero attached hydrogens (tertiary/aromatic N) is 2. The van der Waals surface area contributed by atoms with E-state index < -0.39 is 17.6 Å². The number of hydrogen-bond acceptors (Lipinski definition) is 4. The number of hydrogen-bond donors (Lipinski definition) is 2. The maximum absolute atomic E-state index is 13.4. The molecule has 0 atom stereocenters. The summed E-state index contributed by atoms with van der Waals surface area (Å²) in [6.45, 7) is 2.25. The van der Waals surface area contributed by atoms with E-state index >= 15 is 0 Å². The van der Waals surface area contributed by atoms with E-state index in [9.17, 15) is 18.8 Å². The second kappa shape index (κ2) is 7.30. The van der Waals surface area contributed by atoms with E-state index in [4.69, 9.17) is 0 Å². The van der Waals surface area contributed by atoms with Crippen molar-refractivity contribution in [2.45, 2.75) is 19.9 Å². The minimum absolute atomic E-state index is 0.0353. The lowest BCUT2D eigenvalue weighted by molar-refractivity contribution is 0.0840. The molecule has 0 aliphatic carbocycles. The molecule has 0 saturated carbocycles. The second-order valence-electron chi connectivity index (χ2n) is 4.67. The molecule has 120 valence electrons. The fourth-order valence-electron chi connectivity index (χ4n) is 1.83. The van der Waals surface area contributed by atoms with E-state index in [-0.39, 0.29) is 16.8 Å². The Morgan fingerprint density at radius 1 is 1.13 bits per heavy atom. The Balaban J connectivity index is 2.05. The summed E-state index contributed by atoms with van der Waals surface area (Å²) < 4.78 is 14.6. The van der Waals surface area contributed by atoms with Gasteiger partial charge in [-0.2, -0.15) is 5.10 Å². The summed E-state index contributed by atoms with van der Waals surface area (Å²) in [5.74, 6) is -2.20. The van der Waals surface area contributed by atoms with Crippen LogP contribution in [0.4, 0.5) is 4.39 Å². The number of carbonyl (C=O) groups is 2. The monoisotopic (exact) mass is 318 g/mol. The van der Waals surface area contributed by atoms with E-state index in [2.05, 4.69) is 16.0 Å². The molecule has 0 radical (unpaired) electrons. The van der Waals surface area contributed by atoms with Crippen LogP contribution in [0, 0.1) is 5.82 Å². The first-order valence-electron chi connectivity index (χ1n) is 6.96. The molecule has 0 fully saturated rings. The number of hydrazine groups is 1. The summed E-state index contributed by atoms with van der Waals surface area (Å²) in [4.78, 5) is 35.2. The van der Waals surface area contributed by atoms with Gasteiger partial charge in [0.05, 0.1) is 5.56 Å². The zero-order chi connectivity index (χ0) is 16.8. The minimum atomic E-state index is -0.793. The molecule has 0 saturated heterocycles. The average molecular weight is 318 g/mol. The third-order valence-electron chi connectivity index (χ3n) is 2.94. The highest BCUT2D eigenvalue weighted by Gasteiger charge is 2.14. The molecule has 7 nitrogen and oxygen atoms in total. The third-order valence-corrected chi connectivity index (χ3v) is 2.94. The van der Waals surface area contributed by atoms with Gasteiger partial charge in [0.1, 0.15) is 5.82 Å². The van der Waals surface area contributed by atoms with E-state index in [0.717, 1.165) is 10.7 Å². The van der Waals surface area contributed by atoms with Crippen LogP contribution in [0.15, 0.2) is 41.2 Å². The third kappa shape index (κ3) is 4.00. The Bertz CT molecular complexity index is 788. The summed E-state index contributed by atoms with van der Waals surface area (Å²) in [7, 11) is 0. The normalized spacial score (nSPS) is 10.2. The molecule has 2 N–H and O–H groups in total. The highest BCUT2D eigenvalue weighted by Crippen LogP contribution is 2.05. The van der Waals surface area contributed by atoms with Gasteiger partial charge in [-0.15, -0.1) is 0 Å². The molecular formula is C15H15FN4O3. The number of halogens is 1. The van der Waals surface area contributed by atoms with Gasteiger partial charge in [0.25, 0.3) is 17.4 Å². The number of aromatic nitrogens is 2. The lowest BCUT2D eigenvalue weighted by Crippen LogP contribution is -2.42. The molecule has 0 aliphatic rings. The van der Waals surface area contributed by atoms with Gasteiger partial charge in [-0.1, -0.05) is 19.1 Å². The highest BCUT2D eigenvalue weighted by atomic mass is 19.1. The van der Waals surface area contributed by atoms with E-state index in [1.54, 1.807) is 0 Å². The molecule has 1 aromatic carbocycles. The molecule has 2 aromatic rings. The van der Waals surface area contributed by atoms with Gasteiger partial charge in [-0.05, 0) is 24.6 Å². The molecule has 1 aromatic heterocycles. The van der Waals surface area contributed by atoms with Crippen LogP contribution in [0.2, 0.25) is 0 Å². The molecule has 0 bridgehead atoms. The SMILES string of the molecule is CCCn1nc(C(=O)NNC(=O)c2ccccc2F)ccc1=O. The maximum Gasteiger partial charge on any atom is 0.290 e. The highest BCUT2D eigenvalue weighted by molar-refractivity contribution is 5.98. The molecular weight excluding hydrogens is 303 g/mol. The largest absolute Gasteiger partial charge is 0.290 e. The van der Waals surface area contributed by atoms with Crippen LogP contribution in [0.5, 0.6) is 0 Å². The molecule has 2 amide bonds. The van der Waals surface area contributed by atoms with Gasteiger partial charge in [0.2, 0.25) is 0 Å². The van der Waals surface area contributed by atoms with Crippen LogP contribution < -0.4 is 16.4 Å². The summed E-state index contributed by atoms with van der Waals surface area (Å²) in [6.07, 6.45) is 0.683. The van der Waals surface area contributed by atoms with Crippen molar-refractivity contribution in [2.24, 2.45) is 0 Å². The first kappa shape index (κ1) is 16.3. The zero-order valence-electron chi connectivity index (χ0n) is 12.4. The van der Waals surface area contributed by atoms with Crippen molar-refractivity contribution in [1.82, 2.24) is 20.6 Å². The standard InChI is InChI=1S/C15H15FN4O3/c1-2-9-20-13(21)8-7-12(19-20)15(23)18-17-14(22)10-5-3-4-6-11(10)16/h3-8H,2,9H2,1H3,(H,17,22)(H,18,23). The molecule has 0 unspecified atom stereocenters. The van der Waals surface area contributed by atoms with Gasteiger partial charge in [-0.25, -0.2) is 9.07 Å². The Morgan fingerprint density at radius 2 is 1.83 bits per heavy atom. The molecule has 8 heteroatoms. The predicted octanol–water partition coefficient (Wildman–Crippen LogP) is 0.867. The van der Waals surface area contributed by atoms with Gasteiger partial charge in [0, 0.05) is 12.6 Å². The van der Waals surface area contributed by atoms with Gasteiger partial charge in [-0.3, -0.25) is 25.2 Å². The lowest BCUT2D eigenvalue weighted by Gasteiger charge is -2.08. The number of nitrogens with one attached hydrogen (secondary N) is 2. The molecule has 2 rings (SSSR count). The van der Waals surface area contributed by atoms with E-state index in [1.165, 1.54) is 30.3 Å². The van der Waals surface area contributed by atoms with Crippen molar-refractivity contribution >= 4 is 11.8 Å². The number of aryl methyl sites for hydroxylation is 1. The van der Waals surface area contributed by atoms with Crippen LogP contribution in [-0.2, 0) is 6.54 Å². The topological polar surface area (TPSA) is 93.1 Å². The fourth-order valence-corrected chi connectivity index (χ4v) is 1.83. The number of carbonyl (C=O) groups excluding carboxylic acids is 2. The Morgan fingerprint density at radius 3 is 2.52 bits per heavy atom. The lowest BCUT2D eigenvalue weighted by atomic mass is 10.2. The van der Waals surface area contributed by atoms with Crippen molar-refractivity contribution < 1.29 is 14.0 Å². The maximum atomic E-state index is 13.4. The summed E-state index contributed by atoms with van der Waals surface area (Å²) in [6, 6.07) is 7.85. The smallest absolute Gasteiger partial charge is 0.268 e. The fraction of sp³-hybridized carbons (Fsp3) is 0.200. The van der Waals surface area contributed by atoms with Crippen molar-refractivity contribution in [3.8, 4) is 0 Å². The van der Waals surface area contributed by atoms with Crippen molar-refractivity contribution in [3.63, 3.8) is 0 Å². The summed E-state index contributed by atoms with van der Waals surface area (Å²) >= 11 is 0. The Kier molecular flexibility index (Phi) is 5.19. The second-order valence-corrected chi connectivity index (χ2v) is 4.67. The zero-order valence-corrected chi connectivity index (χ0v) is 12.4. The minimum Gasteiger partial charge on any atom is -0.268 e. The average Bonchev–Trinajstić information content (AvgIpc) is 2.55. The van der Waals surface area contributed by atoms with Crippen LogP contribution in [0.3, 0.4) is 0 Å². The molecule has 0 aliphatic heterocycles. The quantitative estimate of drug-likeness (QED) is 0.818. The van der Waals surface area contributed by atoms with Crippen molar-refractivity contribution in [2.75, 3.05) is 0 Å². The van der Waals surface area contributed by atoms with Crippen molar-refractivity contribution in [1.29, 1.82) is 0 Å². The van der Waals surface area contributed by atoms with Crippen LogP contribution in [-0.4, -0.2) is 21.6 Å². The molecule has 23 heavy (non-hydrogen) atoms. The van der Waals surface area contributed by atoms with E-state index in [0.29, 0.717) is 13.0 Å². The van der Waals surface area contributed by atoms with Gasteiger partial charge in [0.15, 0.2) is 5.69 Å². The first-order valence-corrected chi connectivity index (χ1v) is 6.96. The Labute approximate surface area is 131 Å². The predicted molar refractivity (Wildman–Crippen MR) is 80.1 cm³/mol. The van der Waals surface area contributed by atoms with Crippen LogP contribution in [0.1, 0.15) is 34.2 Å². The summed E-state index contributed by atoms with van der Waals surface area (Å²) in [5, 5.41) is 3.90. The van der Waals surface area contributed by atoms with Crippen LogP contribution in [0.25, 0.3) is 0 Å². The first-order chi connectivity index (χ1) is 11.0. The molecule has 0 spiro atoms. The number of benzene rings is 1. The van der Waals surface area contributed by atoms with E-state index in [1.807, 2.05) is 6.92 Å². The van der Waals surface area contributed by atoms with Crippen molar-refractivity contribution in [3.05, 3.63) is 63.8 Å². The number of amides is 2. The number of rotatable bonds is 4. The van der Waals surface area contributed by atoms with Gasteiger partial charge < -0.3 is 0 Å². The van der Waals surface area contributed by atoms with Gasteiger partial charge >= 0.3 is 0 Å². The molecule has 1 heterocycles.